The maximum atomic E-state index is 12.4. The Bertz CT molecular complexity index is 334. The molecule has 1 aliphatic carbocycles. The minimum atomic E-state index is -5.64. The summed E-state index contributed by atoms with van der Waals surface area (Å²) in [7, 11) is 0. The molecule has 0 aliphatic heterocycles. The van der Waals surface area contributed by atoms with Gasteiger partial charge in [0, 0.05) is 11.9 Å². The maximum Gasteiger partial charge on any atom is 0.409 e. The summed E-state index contributed by atoms with van der Waals surface area (Å²) < 4.78 is 74.1. The zero-order chi connectivity index (χ0) is 15.6. The van der Waals surface area contributed by atoms with Crippen LogP contribution in [0.25, 0.3) is 0 Å². The number of hydrogen-bond donors (Lipinski definition) is 1. The van der Waals surface area contributed by atoms with Gasteiger partial charge in [0.2, 0.25) is 11.8 Å². The van der Waals surface area contributed by atoms with Gasteiger partial charge in [-0.05, 0) is 18.3 Å². The molecule has 0 spiro atoms. The van der Waals surface area contributed by atoms with E-state index < -0.39 is 29.6 Å². The van der Waals surface area contributed by atoms with Gasteiger partial charge in [0.1, 0.15) is 0 Å². The van der Waals surface area contributed by atoms with E-state index in [1.54, 1.807) is 0 Å². The molecular formula is C11H14BrF6NO. The van der Waals surface area contributed by atoms with Gasteiger partial charge >= 0.3 is 12.4 Å². The average molecular weight is 370 g/mol. The molecule has 9 heteroatoms. The van der Waals surface area contributed by atoms with Gasteiger partial charge in [0.15, 0.2) is 0 Å². The first kappa shape index (κ1) is 17.6. The first-order valence-corrected chi connectivity index (χ1v) is 7.11. The molecule has 0 heterocycles. The van der Waals surface area contributed by atoms with Crippen LogP contribution in [0.3, 0.4) is 0 Å². The molecule has 1 N–H and O–H groups in total. The van der Waals surface area contributed by atoms with E-state index in [1.807, 2.05) is 5.32 Å². The van der Waals surface area contributed by atoms with Crippen molar-refractivity contribution in [3.8, 4) is 0 Å². The molecule has 1 fully saturated rings. The third-order valence-electron chi connectivity index (χ3n) is 3.50. The maximum absolute atomic E-state index is 12.4. The lowest BCUT2D eigenvalue weighted by Crippen LogP contribution is -2.50. The van der Waals surface area contributed by atoms with Crippen LogP contribution < -0.4 is 5.32 Å². The Morgan fingerprint density at radius 1 is 1.10 bits per heavy atom. The molecule has 1 amide bonds. The Balaban J connectivity index is 2.73. The average Bonchev–Trinajstić information content (AvgIpc) is 2.71. The van der Waals surface area contributed by atoms with E-state index in [-0.39, 0.29) is 6.54 Å². The molecule has 0 saturated heterocycles. The van der Waals surface area contributed by atoms with Gasteiger partial charge in [-0.3, -0.25) is 4.79 Å². The smallest absolute Gasteiger partial charge is 0.355 e. The van der Waals surface area contributed by atoms with Crippen LogP contribution in [0.2, 0.25) is 0 Å². The van der Waals surface area contributed by atoms with E-state index in [4.69, 9.17) is 0 Å². The second-order valence-electron chi connectivity index (χ2n) is 5.07. The summed E-state index contributed by atoms with van der Waals surface area (Å²) in [6, 6.07) is 0. The highest BCUT2D eigenvalue weighted by Crippen LogP contribution is 2.41. The molecule has 0 aromatic rings. The predicted octanol–water partition coefficient (Wildman–Crippen LogP) is 3.80. The minimum absolute atomic E-state index is 0.181. The molecule has 0 unspecified atom stereocenters. The van der Waals surface area contributed by atoms with Crippen molar-refractivity contribution in [2.75, 3.05) is 11.9 Å². The lowest BCUT2D eigenvalue weighted by Gasteiger charge is -2.29. The first-order valence-electron chi connectivity index (χ1n) is 5.99. The molecule has 118 valence electrons. The van der Waals surface area contributed by atoms with Crippen molar-refractivity contribution in [2.45, 2.75) is 38.0 Å². The number of hydrogen-bond acceptors (Lipinski definition) is 1. The zero-order valence-electron chi connectivity index (χ0n) is 10.4. The van der Waals surface area contributed by atoms with Gasteiger partial charge < -0.3 is 5.32 Å². The Hall–Kier alpha value is -0.470. The Labute approximate surface area is 120 Å². The fraction of sp³-hybridized carbons (Fsp3) is 0.909. The van der Waals surface area contributed by atoms with Crippen LogP contribution in [0.5, 0.6) is 0 Å². The van der Waals surface area contributed by atoms with Gasteiger partial charge in [-0.1, -0.05) is 28.8 Å². The van der Waals surface area contributed by atoms with Gasteiger partial charge in [-0.15, -0.1) is 0 Å². The van der Waals surface area contributed by atoms with Crippen LogP contribution in [0.15, 0.2) is 0 Å². The van der Waals surface area contributed by atoms with E-state index in [0.29, 0.717) is 18.2 Å². The van der Waals surface area contributed by atoms with Crippen LogP contribution in [-0.2, 0) is 4.79 Å². The normalized spacial score (nSPS) is 19.4. The van der Waals surface area contributed by atoms with E-state index in [0.717, 1.165) is 12.8 Å². The van der Waals surface area contributed by atoms with Gasteiger partial charge in [0.25, 0.3) is 0 Å². The molecule has 1 saturated carbocycles. The summed E-state index contributed by atoms with van der Waals surface area (Å²) in [6.45, 7) is -0.181. The predicted molar refractivity (Wildman–Crippen MR) is 63.3 cm³/mol. The lowest BCUT2D eigenvalue weighted by molar-refractivity contribution is -0.274. The lowest BCUT2D eigenvalue weighted by atomic mass is 9.88. The van der Waals surface area contributed by atoms with Crippen LogP contribution in [0.1, 0.15) is 25.7 Å². The fourth-order valence-corrected chi connectivity index (χ4v) is 3.10. The van der Waals surface area contributed by atoms with Crippen molar-refractivity contribution in [3.63, 3.8) is 0 Å². The highest BCUT2D eigenvalue weighted by molar-refractivity contribution is 9.09. The van der Waals surface area contributed by atoms with Crippen LogP contribution in [0, 0.1) is 11.3 Å². The summed E-state index contributed by atoms with van der Waals surface area (Å²) in [5.74, 6) is -6.00. The van der Waals surface area contributed by atoms with Crippen molar-refractivity contribution in [3.05, 3.63) is 0 Å². The second-order valence-corrected chi connectivity index (χ2v) is 5.64. The standard InChI is InChI=1S/C11H14BrF6NO/c12-5-9(3-1-2-4-9)6-19-8(20)7(10(13,14)15)11(16,17)18/h7H,1-6H2,(H,19,20). The number of nitrogens with one attached hydrogen (secondary N) is 1. The molecule has 20 heavy (non-hydrogen) atoms. The molecule has 1 aliphatic rings. The number of carbonyl (C=O) groups excluding carboxylic acids is 1. The summed E-state index contributed by atoms with van der Waals surface area (Å²) in [5.41, 5.74) is -0.447. The topological polar surface area (TPSA) is 29.1 Å². The van der Waals surface area contributed by atoms with E-state index in [1.165, 1.54) is 0 Å². The third kappa shape index (κ3) is 4.26. The quantitative estimate of drug-likeness (QED) is 0.592. The van der Waals surface area contributed by atoms with Crippen LogP contribution >= 0.6 is 15.9 Å². The van der Waals surface area contributed by atoms with E-state index in [9.17, 15) is 31.1 Å². The summed E-state index contributed by atoms with van der Waals surface area (Å²) in [4.78, 5) is 11.3. The van der Waals surface area contributed by atoms with Gasteiger partial charge in [-0.2, -0.15) is 26.3 Å². The van der Waals surface area contributed by atoms with E-state index in [2.05, 4.69) is 15.9 Å². The van der Waals surface area contributed by atoms with Crippen molar-refractivity contribution in [2.24, 2.45) is 11.3 Å². The summed E-state index contributed by atoms with van der Waals surface area (Å²) in [6.07, 6.45) is -8.24. The summed E-state index contributed by atoms with van der Waals surface area (Å²) in [5, 5.41) is 2.25. The molecule has 1 rings (SSSR count). The Kier molecular flexibility index (Phi) is 5.37. The molecule has 0 radical (unpaired) electrons. The van der Waals surface area contributed by atoms with Gasteiger partial charge in [0.05, 0.1) is 0 Å². The molecule has 0 aromatic heterocycles. The van der Waals surface area contributed by atoms with Crippen molar-refractivity contribution >= 4 is 21.8 Å². The number of rotatable bonds is 4. The highest BCUT2D eigenvalue weighted by Gasteiger charge is 2.61. The van der Waals surface area contributed by atoms with Crippen LogP contribution in [0.4, 0.5) is 26.3 Å². The highest BCUT2D eigenvalue weighted by atomic mass is 79.9. The zero-order valence-corrected chi connectivity index (χ0v) is 12.0. The molecular weight excluding hydrogens is 356 g/mol. The van der Waals surface area contributed by atoms with Crippen molar-refractivity contribution < 1.29 is 31.1 Å². The SMILES string of the molecule is O=C(NCC1(CBr)CCCC1)C(C(F)(F)F)C(F)(F)F. The number of carbonyl (C=O) groups is 1. The molecule has 0 aromatic carbocycles. The summed E-state index contributed by atoms with van der Waals surface area (Å²) >= 11 is 3.20. The molecule has 0 bridgehead atoms. The number of halogens is 7. The number of amides is 1. The number of alkyl halides is 7. The third-order valence-corrected chi connectivity index (χ3v) is 4.69. The minimum Gasteiger partial charge on any atom is -0.355 e. The molecule has 0 atom stereocenters. The fourth-order valence-electron chi connectivity index (χ4n) is 2.34. The first-order chi connectivity index (χ1) is 9.02. The Morgan fingerprint density at radius 3 is 1.90 bits per heavy atom. The van der Waals surface area contributed by atoms with Crippen molar-refractivity contribution in [1.29, 1.82) is 0 Å². The second kappa shape index (κ2) is 6.11. The van der Waals surface area contributed by atoms with Crippen LogP contribution in [-0.4, -0.2) is 30.1 Å². The van der Waals surface area contributed by atoms with Crippen molar-refractivity contribution in [1.82, 2.24) is 5.32 Å². The Morgan fingerprint density at radius 2 is 1.55 bits per heavy atom. The largest absolute Gasteiger partial charge is 0.409 e. The monoisotopic (exact) mass is 369 g/mol. The molecule has 2 nitrogen and oxygen atoms in total. The van der Waals surface area contributed by atoms with Gasteiger partial charge in [-0.25, -0.2) is 0 Å². The van der Waals surface area contributed by atoms with E-state index >= 15 is 0 Å².